The minimum atomic E-state index is -0.402. The van der Waals surface area contributed by atoms with Gasteiger partial charge in [0.15, 0.2) is 5.13 Å². The molecule has 0 saturated heterocycles. The van der Waals surface area contributed by atoms with Gasteiger partial charge in [-0.1, -0.05) is 0 Å². The van der Waals surface area contributed by atoms with Gasteiger partial charge in [-0.2, -0.15) is 0 Å². The van der Waals surface area contributed by atoms with Crippen LogP contribution < -0.4 is 5.32 Å². The van der Waals surface area contributed by atoms with Crippen molar-refractivity contribution in [3.8, 4) is 0 Å². The van der Waals surface area contributed by atoms with E-state index in [4.69, 9.17) is 4.74 Å². The van der Waals surface area contributed by atoms with Crippen LogP contribution in [0.25, 0.3) is 0 Å². The molecule has 1 aromatic rings. The van der Waals surface area contributed by atoms with Crippen LogP contribution in [0.3, 0.4) is 0 Å². The van der Waals surface area contributed by atoms with Crippen molar-refractivity contribution >= 4 is 34.2 Å². The summed E-state index contributed by atoms with van der Waals surface area (Å²) in [6.07, 6.45) is 1.85. The predicted molar refractivity (Wildman–Crippen MR) is 78.3 cm³/mol. The number of hydrogen-bond donors (Lipinski definition) is 1. The monoisotopic (exact) mass is 288 g/mol. The second-order valence-electron chi connectivity index (χ2n) is 4.74. The van der Waals surface area contributed by atoms with Gasteiger partial charge in [-0.15, -0.1) is 23.1 Å². The highest BCUT2D eigenvalue weighted by molar-refractivity contribution is 7.99. The molecule has 0 atom stereocenters. The summed E-state index contributed by atoms with van der Waals surface area (Å²) in [7, 11) is 0. The van der Waals surface area contributed by atoms with Gasteiger partial charge in [0.1, 0.15) is 5.60 Å². The molecule has 0 amide bonds. The van der Waals surface area contributed by atoms with Gasteiger partial charge in [0.25, 0.3) is 0 Å². The Bertz CT molecular complexity index is 386. The number of carbonyl (C=O) groups is 1. The minimum Gasteiger partial charge on any atom is -0.459 e. The lowest BCUT2D eigenvalue weighted by Gasteiger charge is -2.19. The van der Waals surface area contributed by atoms with Gasteiger partial charge in [-0.05, 0) is 27.7 Å². The van der Waals surface area contributed by atoms with Gasteiger partial charge in [0, 0.05) is 23.4 Å². The third-order valence-electron chi connectivity index (χ3n) is 1.77. The van der Waals surface area contributed by atoms with Crippen LogP contribution in [0.15, 0.2) is 6.20 Å². The highest BCUT2D eigenvalue weighted by Gasteiger charge is 2.16. The maximum absolute atomic E-state index is 11.5. The molecule has 0 fully saturated rings. The number of carbonyl (C=O) groups excluding carboxylic acids is 1. The fraction of sp³-hybridized carbons (Fsp3) is 0.667. The highest BCUT2D eigenvalue weighted by Crippen LogP contribution is 2.22. The zero-order valence-electron chi connectivity index (χ0n) is 11.3. The van der Waals surface area contributed by atoms with Crippen LogP contribution in [0.5, 0.6) is 0 Å². The molecule has 0 aliphatic rings. The molecule has 4 nitrogen and oxygen atoms in total. The lowest BCUT2D eigenvalue weighted by atomic mass is 10.2. The quantitative estimate of drug-likeness (QED) is 0.815. The molecule has 0 bridgehead atoms. The minimum absolute atomic E-state index is 0.163. The van der Waals surface area contributed by atoms with E-state index < -0.39 is 5.60 Å². The smallest absolute Gasteiger partial charge is 0.316 e. The molecule has 0 unspecified atom stereocenters. The molecular formula is C12H20N2O2S2. The Labute approximate surface area is 117 Å². The normalized spacial score (nSPS) is 11.3. The van der Waals surface area contributed by atoms with E-state index in [-0.39, 0.29) is 5.97 Å². The molecule has 0 aromatic carbocycles. The van der Waals surface area contributed by atoms with Crippen LogP contribution in [0, 0.1) is 0 Å². The SMILES string of the molecule is CCNc1ncc(CSCC(=O)OC(C)(C)C)s1. The number of hydrogen-bond acceptors (Lipinski definition) is 6. The summed E-state index contributed by atoms with van der Waals surface area (Å²) in [5.41, 5.74) is -0.402. The van der Waals surface area contributed by atoms with Crippen LogP contribution in [0.1, 0.15) is 32.6 Å². The number of thiazole rings is 1. The average molecular weight is 288 g/mol. The molecule has 0 saturated carbocycles. The largest absolute Gasteiger partial charge is 0.459 e. The van der Waals surface area contributed by atoms with Gasteiger partial charge < -0.3 is 10.1 Å². The molecule has 0 spiro atoms. The molecule has 0 radical (unpaired) electrons. The molecule has 102 valence electrons. The van der Waals surface area contributed by atoms with Crippen molar-refractivity contribution in [2.45, 2.75) is 39.0 Å². The van der Waals surface area contributed by atoms with Crippen molar-refractivity contribution in [2.75, 3.05) is 17.6 Å². The van der Waals surface area contributed by atoms with E-state index >= 15 is 0 Å². The lowest BCUT2D eigenvalue weighted by Crippen LogP contribution is -2.24. The van der Waals surface area contributed by atoms with E-state index in [1.807, 2.05) is 33.9 Å². The maximum Gasteiger partial charge on any atom is 0.316 e. The van der Waals surface area contributed by atoms with Crippen molar-refractivity contribution in [1.82, 2.24) is 4.98 Å². The Morgan fingerprint density at radius 2 is 2.28 bits per heavy atom. The first-order chi connectivity index (χ1) is 8.40. The van der Waals surface area contributed by atoms with Crippen LogP contribution in [0.4, 0.5) is 5.13 Å². The van der Waals surface area contributed by atoms with E-state index in [9.17, 15) is 4.79 Å². The Morgan fingerprint density at radius 1 is 1.56 bits per heavy atom. The lowest BCUT2D eigenvalue weighted by molar-refractivity contribution is -0.151. The molecular weight excluding hydrogens is 268 g/mol. The van der Waals surface area contributed by atoms with Crippen molar-refractivity contribution in [1.29, 1.82) is 0 Å². The first-order valence-corrected chi connectivity index (χ1v) is 7.86. The van der Waals surface area contributed by atoms with E-state index in [1.165, 1.54) is 4.88 Å². The van der Waals surface area contributed by atoms with Gasteiger partial charge in [0.2, 0.25) is 0 Å². The number of anilines is 1. The van der Waals surface area contributed by atoms with Crippen molar-refractivity contribution in [2.24, 2.45) is 0 Å². The zero-order chi connectivity index (χ0) is 13.6. The molecule has 6 heteroatoms. The number of thioether (sulfide) groups is 1. The van der Waals surface area contributed by atoms with Gasteiger partial charge in [-0.25, -0.2) is 4.98 Å². The van der Waals surface area contributed by atoms with Gasteiger partial charge in [0.05, 0.1) is 5.75 Å². The number of esters is 1. The van der Waals surface area contributed by atoms with Crippen LogP contribution in [0.2, 0.25) is 0 Å². The van der Waals surface area contributed by atoms with Crippen LogP contribution >= 0.6 is 23.1 Å². The highest BCUT2D eigenvalue weighted by atomic mass is 32.2. The number of ether oxygens (including phenoxy) is 1. The summed E-state index contributed by atoms with van der Waals surface area (Å²) < 4.78 is 5.24. The van der Waals surface area contributed by atoms with Crippen molar-refractivity contribution in [3.05, 3.63) is 11.1 Å². The van der Waals surface area contributed by atoms with Crippen LogP contribution in [-0.4, -0.2) is 28.9 Å². The van der Waals surface area contributed by atoms with Crippen molar-refractivity contribution < 1.29 is 9.53 Å². The van der Waals surface area contributed by atoms with E-state index in [0.29, 0.717) is 5.75 Å². The first-order valence-electron chi connectivity index (χ1n) is 5.89. The maximum atomic E-state index is 11.5. The molecule has 0 aliphatic heterocycles. The molecule has 0 aliphatic carbocycles. The summed E-state index contributed by atoms with van der Waals surface area (Å²) in [6, 6.07) is 0. The topological polar surface area (TPSA) is 51.2 Å². The number of nitrogens with zero attached hydrogens (tertiary/aromatic N) is 1. The van der Waals surface area contributed by atoms with Gasteiger partial charge >= 0.3 is 5.97 Å². The second-order valence-corrected chi connectivity index (χ2v) is 6.84. The standard InChI is InChI=1S/C12H20N2O2S2/c1-5-13-11-14-6-9(18-11)7-17-8-10(15)16-12(2,3)4/h6H,5,7-8H2,1-4H3,(H,13,14). The number of rotatable bonds is 6. The van der Waals surface area contributed by atoms with Gasteiger partial charge in [-0.3, -0.25) is 4.79 Å². The average Bonchev–Trinajstić information content (AvgIpc) is 2.63. The first kappa shape index (κ1) is 15.3. The summed E-state index contributed by atoms with van der Waals surface area (Å²) in [6.45, 7) is 8.54. The number of aromatic nitrogens is 1. The molecule has 1 aromatic heterocycles. The summed E-state index contributed by atoms with van der Waals surface area (Å²) in [5.74, 6) is 1.01. The fourth-order valence-corrected chi connectivity index (χ4v) is 2.98. The zero-order valence-corrected chi connectivity index (χ0v) is 12.9. The van der Waals surface area contributed by atoms with Crippen LogP contribution in [-0.2, 0) is 15.3 Å². The van der Waals surface area contributed by atoms with Crippen molar-refractivity contribution in [3.63, 3.8) is 0 Å². The molecule has 1 rings (SSSR count). The Balaban J connectivity index is 2.26. The van der Waals surface area contributed by atoms with E-state index in [2.05, 4.69) is 10.3 Å². The predicted octanol–water partition coefficient (Wildman–Crippen LogP) is 3.15. The molecule has 1 N–H and O–H groups in total. The summed E-state index contributed by atoms with van der Waals surface area (Å²) in [4.78, 5) is 16.9. The summed E-state index contributed by atoms with van der Waals surface area (Å²) >= 11 is 3.18. The molecule has 1 heterocycles. The van der Waals surface area contributed by atoms with E-state index in [1.54, 1.807) is 23.1 Å². The Hall–Kier alpha value is -0.750. The fourth-order valence-electron chi connectivity index (χ4n) is 1.21. The second kappa shape index (κ2) is 6.99. The third kappa shape index (κ3) is 6.26. The van der Waals surface area contributed by atoms with E-state index in [0.717, 1.165) is 17.4 Å². The third-order valence-corrected chi connectivity index (χ3v) is 3.86. The number of nitrogens with one attached hydrogen (secondary N) is 1. The Kier molecular flexibility index (Phi) is 5.95. The summed E-state index contributed by atoms with van der Waals surface area (Å²) in [5, 5.41) is 4.10. The molecule has 18 heavy (non-hydrogen) atoms. The Morgan fingerprint density at radius 3 is 2.89 bits per heavy atom.